The highest BCUT2D eigenvalue weighted by Crippen LogP contribution is 2.40. The first kappa shape index (κ1) is 11.3. The lowest BCUT2D eigenvalue weighted by atomic mass is 9.97. The number of aromatic hydroxyl groups is 1. The lowest BCUT2D eigenvalue weighted by Gasteiger charge is -2.18. The number of phenolic OH excluding ortho intramolecular Hbond substituents is 1. The molecule has 0 bridgehead atoms. The van der Waals surface area contributed by atoms with Gasteiger partial charge in [0.2, 0.25) is 0 Å². The van der Waals surface area contributed by atoms with Gasteiger partial charge in [-0.1, -0.05) is 6.07 Å². The topological polar surface area (TPSA) is 41.5 Å². The van der Waals surface area contributed by atoms with Crippen LogP contribution in [0.4, 0.5) is 0 Å². The summed E-state index contributed by atoms with van der Waals surface area (Å²) >= 11 is 0. The molecule has 0 saturated carbocycles. The van der Waals surface area contributed by atoms with Gasteiger partial charge in [-0.05, 0) is 44.4 Å². The normalized spacial score (nSPS) is 20.1. The monoisotopic (exact) mass is 221 g/mol. The van der Waals surface area contributed by atoms with Crippen LogP contribution >= 0.6 is 0 Å². The second kappa shape index (κ2) is 4.34. The predicted molar refractivity (Wildman–Crippen MR) is 64.1 cm³/mol. The van der Waals surface area contributed by atoms with E-state index in [4.69, 9.17) is 4.74 Å². The van der Waals surface area contributed by atoms with Gasteiger partial charge in [0.25, 0.3) is 0 Å². The third-order valence-electron chi connectivity index (χ3n) is 3.43. The molecule has 1 aromatic rings. The van der Waals surface area contributed by atoms with Crippen molar-refractivity contribution in [3.05, 3.63) is 22.8 Å². The first-order valence-electron chi connectivity index (χ1n) is 5.75. The Kier molecular flexibility index (Phi) is 3.06. The standard InChI is InChI=1S/C13H19NO2/c1-8-7-10(11-5-4-6-14-11)12(15)13(16-3)9(8)2/h7,11,14-15H,4-6H2,1-3H3. The van der Waals surface area contributed by atoms with Crippen molar-refractivity contribution in [2.45, 2.75) is 32.7 Å². The van der Waals surface area contributed by atoms with Crippen molar-refractivity contribution in [2.24, 2.45) is 0 Å². The Hall–Kier alpha value is -1.22. The van der Waals surface area contributed by atoms with Gasteiger partial charge in [0, 0.05) is 11.6 Å². The summed E-state index contributed by atoms with van der Waals surface area (Å²) in [5.74, 6) is 0.911. The van der Waals surface area contributed by atoms with E-state index >= 15 is 0 Å². The molecule has 1 saturated heterocycles. The summed E-state index contributed by atoms with van der Waals surface area (Å²) in [7, 11) is 1.60. The summed E-state index contributed by atoms with van der Waals surface area (Å²) < 4.78 is 5.28. The van der Waals surface area contributed by atoms with Crippen LogP contribution in [0.1, 0.15) is 35.6 Å². The highest BCUT2D eigenvalue weighted by atomic mass is 16.5. The maximum absolute atomic E-state index is 10.2. The minimum atomic E-state index is 0.271. The number of rotatable bonds is 2. The summed E-state index contributed by atoms with van der Waals surface area (Å²) in [5.41, 5.74) is 3.15. The van der Waals surface area contributed by atoms with Crippen LogP contribution in [0.5, 0.6) is 11.5 Å². The molecule has 1 heterocycles. The quantitative estimate of drug-likeness (QED) is 0.806. The Labute approximate surface area is 96.4 Å². The van der Waals surface area contributed by atoms with Crippen molar-refractivity contribution >= 4 is 0 Å². The fourth-order valence-electron chi connectivity index (χ4n) is 2.36. The fraction of sp³-hybridized carbons (Fsp3) is 0.538. The van der Waals surface area contributed by atoms with Crippen molar-refractivity contribution in [1.29, 1.82) is 0 Å². The van der Waals surface area contributed by atoms with E-state index in [-0.39, 0.29) is 6.04 Å². The number of hydrogen-bond donors (Lipinski definition) is 2. The van der Waals surface area contributed by atoms with E-state index in [0.29, 0.717) is 11.5 Å². The number of benzene rings is 1. The fourth-order valence-corrected chi connectivity index (χ4v) is 2.36. The molecule has 0 spiro atoms. The lowest BCUT2D eigenvalue weighted by Crippen LogP contribution is -2.13. The molecule has 3 heteroatoms. The van der Waals surface area contributed by atoms with E-state index in [0.717, 1.165) is 24.1 Å². The summed E-state index contributed by atoms with van der Waals surface area (Å²) in [6, 6.07) is 2.34. The van der Waals surface area contributed by atoms with Gasteiger partial charge in [0.15, 0.2) is 11.5 Å². The zero-order valence-corrected chi connectivity index (χ0v) is 10.1. The number of ether oxygens (including phenoxy) is 1. The first-order valence-corrected chi connectivity index (χ1v) is 5.75. The highest BCUT2D eigenvalue weighted by molar-refractivity contribution is 5.55. The zero-order chi connectivity index (χ0) is 11.7. The van der Waals surface area contributed by atoms with E-state index in [1.807, 2.05) is 6.92 Å². The van der Waals surface area contributed by atoms with E-state index < -0.39 is 0 Å². The van der Waals surface area contributed by atoms with Gasteiger partial charge in [0.05, 0.1) is 7.11 Å². The molecule has 0 aromatic heterocycles. The van der Waals surface area contributed by atoms with E-state index in [1.165, 1.54) is 12.0 Å². The van der Waals surface area contributed by atoms with Crippen molar-refractivity contribution in [1.82, 2.24) is 5.32 Å². The van der Waals surface area contributed by atoms with Crippen LogP contribution in [-0.2, 0) is 0 Å². The summed E-state index contributed by atoms with van der Waals surface area (Å²) in [5, 5.41) is 13.6. The van der Waals surface area contributed by atoms with Gasteiger partial charge in [-0.25, -0.2) is 0 Å². The van der Waals surface area contributed by atoms with Gasteiger partial charge < -0.3 is 15.2 Å². The molecule has 1 fully saturated rings. The number of hydrogen-bond acceptors (Lipinski definition) is 3. The number of aryl methyl sites for hydroxylation is 1. The smallest absolute Gasteiger partial charge is 0.163 e. The van der Waals surface area contributed by atoms with E-state index in [9.17, 15) is 5.11 Å². The molecular formula is C13H19NO2. The van der Waals surface area contributed by atoms with Crippen molar-refractivity contribution in [2.75, 3.05) is 13.7 Å². The second-order valence-electron chi connectivity index (χ2n) is 4.44. The second-order valence-corrected chi connectivity index (χ2v) is 4.44. The molecule has 2 N–H and O–H groups in total. The van der Waals surface area contributed by atoms with Gasteiger partial charge in [-0.3, -0.25) is 0 Å². The maximum Gasteiger partial charge on any atom is 0.163 e. The Bertz CT molecular complexity index is 395. The minimum Gasteiger partial charge on any atom is -0.504 e. The van der Waals surface area contributed by atoms with Crippen LogP contribution in [0.15, 0.2) is 6.07 Å². The van der Waals surface area contributed by atoms with Gasteiger partial charge in [-0.15, -0.1) is 0 Å². The molecule has 1 aliphatic rings. The molecule has 1 aliphatic heterocycles. The average Bonchev–Trinajstić information content (AvgIpc) is 2.77. The molecule has 1 unspecified atom stereocenters. The van der Waals surface area contributed by atoms with Crippen LogP contribution in [0.3, 0.4) is 0 Å². The molecule has 0 aliphatic carbocycles. The molecule has 0 amide bonds. The zero-order valence-electron chi connectivity index (χ0n) is 10.1. The molecule has 0 radical (unpaired) electrons. The number of nitrogens with one attached hydrogen (secondary N) is 1. The van der Waals surface area contributed by atoms with E-state index in [1.54, 1.807) is 7.11 Å². The molecule has 88 valence electrons. The Morgan fingerprint density at radius 1 is 1.44 bits per heavy atom. The minimum absolute atomic E-state index is 0.271. The first-order chi connectivity index (χ1) is 7.65. The van der Waals surface area contributed by atoms with Crippen molar-refractivity contribution in [3.63, 3.8) is 0 Å². The predicted octanol–water partition coefficient (Wildman–Crippen LogP) is 2.44. The lowest BCUT2D eigenvalue weighted by molar-refractivity contribution is 0.364. The summed E-state index contributed by atoms with van der Waals surface area (Å²) in [4.78, 5) is 0. The van der Waals surface area contributed by atoms with Gasteiger partial charge in [0.1, 0.15) is 0 Å². The van der Waals surface area contributed by atoms with Crippen molar-refractivity contribution in [3.8, 4) is 11.5 Å². The molecule has 16 heavy (non-hydrogen) atoms. The Morgan fingerprint density at radius 3 is 2.75 bits per heavy atom. The van der Waals surface area contributed by atoms with Crippen LogP contribution in [0, 0.1) is 13.8 Å². The third kappa shape index (κ3) is 1.76. The van der Waals surface area contributed by atoms with Crippen LogP contribution in [0.25, 0.3) is 0 Å². The molecule has 1 atom stereocenters. The maximum atomic E-state index is 10.2. The average molecular weight is 221 g/mol. The Balaban J connectivity index is 2.49. The van der Waals surface area contributed by atoms with Crippen LogP contribution in [0.2, 0.25) is 0 Å². The molecular weight excluding hydrogens is 202 g/mol. The number of methoxy groups -OCH3 is 1. The molecule has 2 rings (SSSR count). The van der Waals surface area contributed by atoms with Crippen LogP contribution < -0.4 is 10.1 Å². The summed E-state index contributed by atoms with van der Waals surface area (Å²) in [6.07, 6.45) is 2.25. The van der Waals surface area contributed by atoms with Gasteiger partial charge >= 0.3 is 0 Å². The van der Waals surface area contributed by atoms with Gasteiger partial charge in [-0.2, -0.15) is 0 Å². The molecule has 3 nitrogen and oxygen atoms in total. The SMILES string of the molecule is COc1c(C)c(C)cc(C2CCCN2)c1O. The number of phenols is 1. The Morgan fingerprint density at radius 2 is 2.19 bits per heavy atom. The highest BCUT2D eigenvalue weighted by Gasteiger charge is 2.23. The third-order valence-corrected chi connectivity index (χ3v) is 3.43. The van der Waals surface area contributed by atoms with Crippen molar-refractivity contribution < 1.29 is 9.84 Å². The van der Waals surface area contributed by atoms with E-state index in [2.05, 4.69) is 18.3 Å². The molecule has 1 aromatic carbocycles. The largest absolute Gasteiger partial charge is 0.504 e. The summed E-state index contributed by atoms with van der Waals surface area (Å²) in [6.45, 7) is 5.05. The van der Waals surface area contributed by atoms with Crippen LogP contribution in [-0.4, -0.2) is 18.8 Å².